The lowest BCUT2D eigenvalue weighted by Crippen LogP contribution is -2.18. The molecule has 4 rings (SSSR count). The molecule has 0 unspecified atom stereocenters. The monoisotopic (exact) mass is 346 g/mol. The van der Waals surface area contributed by atoms with E-state index in [1.807, 2.05) is 60.7 Å². The Bertz CT molecular complexity index is 772. The topological polar surface area (TPSA) is 74.8 Å². The highest BCUT2D eigenvalue weighted by Crippen LogP contribution is 2.23. The fourth-order valence-corrected chi connectivity index (χ4v) is 3.11. The van der Waals surface area contributed by atoms with Gasteiger partial charge in [0.05, 0.1) is 0 Å². The summed E-state index contributed by atoms with van der Waals surface area (Å²) in [7, 11) is 0. The molecule has 1 aliphatic carbocycles. The molecule has 3 N–H and O–H groups in total. The van der Waals surface area contributed by atoms with Crippen LogP contribution in [0.25, 0.3) is 0 Å². The maximum absolute atomic E-state index is 4.55. The van der Waals surface area contributed by atoms with Gasteiger partial charge in [-0.05, 0) is 37.1 Å². The largest absolute Gasteiger partial charge is 0.351 e. The van der Waals surface area contributed by atoms with Crippen LogP contribution in [0.2, 0.25) is 0 Å². The first-order valence-corrected chi connectivity index (χ1v) is 9.02. The molecule has 0 bridgehead atoms. The van der Waals surface area contributed by atoms with Gasteiger partial charge in [0.1, 0.15) is 0 Å². The van der Waals surface area contributed by atoms with E-state index >= 15 is 0 Å². The third-order valence-corrected chi connectivity index (χ3v) is 4.38. The second-order valence-corrected chi connectivity index (χ2v) is 6.41. The quantitative estimate of drug-likeness (QED) is 0.600. The Morgan fingerprint density at radius 1 is 0.615 bits per heavy atom. The molecule has 0 atom stereocenters. The Morgan fingerprint density at radius 2 is 1.08 bits per heavy atom. The molecule has 1 heterocycles. The van der Waals surface area contributed by atoms with Crippen molar-refractivity contribution in [2.75, 3.05) is 16.0 Å². The fourth-order valence-electron chi connectivity index (χ4n) is 3.11. The van der Waals surface area contributed by atoms with Crippen molar-refractivity contribution in [1.82, 2.24) is 15.0 Å². The smallest absolute Gasteiger partial charge is 0.233 e. The van der Waals surface area contributed by atoms with Crippen molar-refractivity contribution >= 4 is 29.2 Å². The average molecular weight is 346 g/mol. The van der Waals surface area contributed by atoms with Crippen LogP contribution in [-0.2, 0) is 0 Å². The average Bonchev–Trinajstić information content (AvgIpc) is 3.16. The number of hydrogen-bond donors (Lipinski definition) is 3. The van der Waals surface area contributed by atoms with Crippen LogP contribution in [0, 0.1) is 0 Å². The third-order valence-electron chi connectivity index (χ3n) is 4.38. The summed E-state index contributed by atoms with van der Waals surface area (Å²) in [5.74, 6) is 1.64. The number of aromatic nitrogens is 3. The van der Waals surface area contributed by atoms with Crippen LogP contribution in [0.15, 0.2) is 60.7 Å². The first-order valence-electron chi connectivity index (χ1n) is 9.02. The molecular formula is C20H22N6. The highest BCUT2D eigenvalue weighted by Gasteiger charge is 2.17. The summed E-state index contributed by atoms with van der Waals surface area (Å²) in [5, 5.41) is 9.96. The van der Waals surface area contributed by atoms with E-state index in [0.29, 0.717) is 23.9 Å². The first kappa shape index (κ1) is 16.3. The Labute approximate surface area is 153 Å². The van der Waals surface area contributed by atoms with Crippen molar-refractivity contribution in [2.24, 2.45) is 0 Å². The van der Waals surface area contributed by atoms with E-state index in [1.54, 1.807) is 0 Å². The van der Waals surface area contributed by atoms with E-state index in [1.165, 1.54) is 12.8 Å². The van der Waals surface area contributed by atoms with Crippen molar-refractivity contribution in [3.05, 3.63) is 60.7 Å². The number of rotatable bonds is 6. The van der Waals surface area contributed by atoms with Gasteiger partial charge in [-0.15, -0.1) is 0 Å². The third kappa shape index (κ3) is 4.27. The number of para-hydroxylation sites is 2. The summed E-state index contributed by atoms with van der Waals surface area (Å²) in [6.07, 6.45) is 4.84. The number of nitrogens with zero attached hydrogens (tertiary/aromatic N) is 3. The normalized spacial score (nSPS) is 14.2. The number of hydrogen-bond acceptors (Lipinski definition) is 6. The van der Waals surface area contributed by atoms with Gasteiger partial charge in [-0.3, -0.25) is 0 Å². The van der Waals surface area contributed by atoms with Gasteiger partial charge >= 0.3 is 0 Å². The molecule has 0 radical (unpaired) electrons. The molecule has 1 fully saturated rings. The number of nitrogens with one attached hydrogen (secondary N) is 3. The van der Waals surface area contributed by atoms with E-state index in [2.05, 4.69) is 30.9 Å². The lowest BCUT2D eigenvalue weighted by Gasteiger charge is -2.14. The zero-order valence-electron chi connectivity index (χ0n) is 14.5. The van der Waals surface area contributed by atoms with Gasteiger partial charge < -0.3 is 16.0 Å². The van der Waals surface area contributed by atoms with Crippen molar-refractivity contribution in [2.45, 2.75) is 31.7 Å². The summed E-state index contributed by atoms with van der Waals surface area (Å²) in [6, 6.07) is 20.2. The minimum absolute atomic E-state index is 0.437. The van der Waals surface area contributed by atoms with Gasteiger partial charge in [0.25, 0.3) is 0 Å². The molecule has 26 heavy (non-hydrogen) atoms. The van der Waals surface area contributed by atoms with Crippen LogP contribution in [0.1, 0.15) is 25.7 Å². The van der Waals surface area contributed by atoms with Crippen LogP contribution >= 0.6 is 0 Å². The molecule has 2 aromatic carbocycles. The van der Waals surface area contributed by atoms with Crippen molar-refractivity contribution in [3.63, 3.8) is 0 Å². The predicted molar refractivity (Wildman–Crippen MR) is 105 cm³/mol. The van der Waals surface area contributed by atoms with Crippen molar-refractivity contribution < 1.29 is 0 Å². The molecule has 0 amide bonds. The lowest BCUT2D eigenvalue weighted by atomic mass is 10.2. The maximum atomic E-state index is 4.55. The fraction of sp³-hybridized carbons (Fsp3) is 0.250. The molecule has 0 spiro atoms. The SMILES string of the molecule is c1ccc(Nc2nc(Nc3ccccc3)nc(NC3CCCC3)n2)cc1. The van der Waals surface area contributed by atoms with Gasteiger partial charge in [0.2, 0.25) is 17.8 Å². The summed E-state index contributed by atoms with van der Waals surface area (Å²) >= 11 is 0. The molecule has 132 valence electrons. The standard InChI is InChI=1S/C20H22N6/c1-3-9-15(10-4-1)21-18-24-19(22-16-11-5-2-6-12-16)26-20(25-18)23-17-13-7-8-14-17/h1-6,9-12,17H,7-8,13-14H2,(H3,21,22,23,24,25,26). The second kappa shape index (κ2) is 7.82. The minimum atomic E-state index is 0.437. The summed E-state index contributed by atoms with van der Waals surface area (Å²) in [5.41, 5.74) is 1.88. The molecule has 3 aromatic rings. The van der Waals surface area contributed by atoms with Crippen LogP contribution in [0.4, 0.5) is 29.2 Å². The van der Waals surface area contributed by atoms with Gasteiger partial charge in [0.15, 0.2) is 0 Å². The first-order chi connectivity index (χ1) is 12.8. The molecule has 0 aliphatic heterocycles. The van der Waals surface area contributed by atoms with Crippen LogP contribution in [0.5, 0.6) is 0 Å². The highest BCUT2D eigenvalue weighted by molar-refractivity contribution is 5.59. The zero-order valence-corrected chi connectivity index (χ0v) is 14.5. The Morgan fingerprint density at radius 3 is 1.58 bits per heavy atom. The summed E-state index contributed by atoms with van der Waals surface area (Å²) in [4.78, 5) is 13.6. The van der Waals surface area contributed by atoms with Crippen LogP contribution in [0.3, 0.4) is 0 Å². The van der Waals surface area contributed by atoms with Crippen molar-refractivity contribution in [1.29, 1.82) is 0 Å². The molecule has 6 nitrogen and oxygen atoms in total. The minimum Gasteiger partial charge on any atom is -0.351 e. The van der Waals surface area contributed by atoms with Gasteiger partial charge in [-0.2, -0.15) is 15.0 Å². The Balaban J connectivity index is 1.59. The van der Waals surface area contributed by atoms with Gasteiger partial charge in [-0.25, -0.2) is 0 Å². The van der Waals surface area contributed by atoms with E-state index in [0.717, 1.165) is 24.2 Å². The molecule has 0 saturated heterocycles. The Kier molecular flexibility index (Phi) is 4.91. The lowest BCUT2D eigenvalue weighted by molar-refractivity contribution is 0.743. The zero-order chi connectivity index (χ0) is 17.6. The molecule has 6 heteroatoms. The maximum Gasteiger partial charge on any atom is 0.233 e. The van der Waals surface area contributed by atoms with E-state index in [4.69, 9.17) is 0 Å². The van der Waals surface area contributed by atoms with Crippen LogP contribution in [-0.4, -0.2) is 21.0 Å². The van der Waals surface area contributed by atoms with Crippen LogP contribution < -0.4 is 16.0 Å². The van der Waals surface area contributed by atoms with E-state index in [-0.39, 0.29) is 0 Å². The van der Waals surface area contributed by atoms with E-state index in [9.17, 15) is 0 Å². The summed E-state index contributed by atoms with van der Waals surface area (Å²) in [6.45, 7) is 0. The highest BCUT2D eigenvalue weighted by atomic mass is 15.3. The molecular weight excluding hydrogens is 324 g/mol. The molecule has 1 aromatic heterocycles. The van der Waals surface area contributed by atoms with Gasteiger partial charge in [-0.1, -0.05) is 49.2 Å². The van der Waals surface area contributed by atoms with Crippen molar-refractivity contribution in [3.8, 4) is 0 Å². The molecule has 1 saturated carbocycles. The van der Waals surface area contributed by atoms with Gasteiger partial charge in [0, 0.05) is 17.4 Å². The number of benzene rings is 2. The predicted octanol–water partition coefficient (Wildman–Crippen LogP) is 4.71. The summed E-state index contributed by atoms with van der Waals surface area (Å²) < 4.78 is 0. The second-order valence-electron chi connectivity index (χ2n) is 6.41. The number of anilines is 5. The molecule has 1 aliphatic rings. The Hall–Kier alpha value is -3.15. The van der Waals surface area contributed by atoms with E-state index < -0.39 is 0 Å².